The number of aliphatic hydroxyl groups is 22. The highest BCUT2D eigenvalue weighted by atomic mass is 16.8. The molecule has 46 nitrogen and oxygen atoms in total. The molecule has 4 amide bonds. The van der Waals surface area contributed by atoms with E-state index >= 15 is 0 Å². The Hall–Kier alpha value is -4.16. The van der Waals surface area contributed by atoms with Gasteiger partial charge in [0.2, 0.25) is 23.6 Å². The van der Waals surface area contributed by atoms with Crippen molar-refractivity contribution < 1.29 is 207 Å². The lowest BCUT2D eigenvalue weighted by atomic mass is 9.93. The zero-order valence-electron chi connectivity index (χ0n) is 82.8. The van der Waals surface area contributed by atoms with Gasteiger partial charge in [-0.3, -0.25) is 19.2 Å². The Morgan fingerprint density at radius 3 is 1.04 bits per heavy atom. The van der Waals surface area contributed by atoms with Crippen molar-refractivity contribution in [2.24, 2.45) is 0 Å². The third-order valence-electron chi connectivity index (χ3n) is 27.5. The third-order valence-corrected chi connectivity index (χ3v) is 27.5. The average Bonchev–Trinajstić information content (AvgIpc) is 0.758. The number of amides is 4. The number of unbranched alkanes of at least 4 members (excludes halogenated alkanes) is 28. The van der Waals surface area contributed by atoms with Crippen molar-refractivity contribution in [1.82, 2.24) is 21.3 Å². The molecule has 8 aliphatic rings. The van der Waals surface area contributed by atoms with Crippen LogP contribution in [-0.2, 0) is 95.0 Å². The summed E-state index contributed by atoms with van der Waals surface area (Å²) in [6.07, 6.45) is -34.0. The summed E-state index contributed by atoms with van der Waals surface area (Å²) in [6.45, 7) is 0.244. The van der Waals surface area contributed by atoms with Gasteiger partial charge in [0.05, 0.1) is 71.1 Å². The second-order valence-corrected chi connectivity index (χ2v) is 38.7. The van der Waals surface area contributed by atoms with Crippen molar-refractivity contribution in [2.45, 2.75) is 505 Å². The average molecular weight is 2050 g/mol. The highest BCUT2D eigenvalue weighted by molar-refractivity contribution is 5.76. The van der Waals surface area contributed by atoms with Crippen molar-refractivity contribution in [2.75, 3.05) is 52.9 Å². The van der Waals surface area contributed by atoms with E-state index < -0.39 is 328 Å². The molecular weight excluding hydrogens is 1880 g/mol. The first-order valence-electron chi connectivity index (χ1n) is 51.5. The van der Waals surface area contributed by atoms with Crippen LogP contribution in [0, 0.1) is 0 Å². The molecule has 0 aromatic heterocycles. The predicted molar refractivity (Wildman–Crippen MR) is 497 cm³/mol. The third kappa shape index (κ3) is 36.3. The Balaban J connectivity index is 1.00. The van der Waals surface area contributed by atoms with Gasteiger partial charge in [-0.25, -0.2) is 0 Å². The molecule has 42 atom stereocenters. The van der Waals surface area contributed by atoms with E-state index in [1.807, 2.05) is 6.08 Å². The van der Waals surface area contributed by atoms with Crippen LogP contribution in [0.5, 0.6) is 0 Å². The van der Waals surface area contributed by atoms with E-state index in [0.717, 1.165) is 85.0 Å². The topological polar surface area (TPSA) is 709 Å². The van der Waals surface area contributed by atoms with E-state index in [1.165, 1.54) is 129 Å². The molecule has 826 valence electrons. The van der Waals surface area contributed by atoms with E-state index in [2.05, 4.69) is 47.3 Å². The van der Waals surface area contributed by atoms with E-state index in [1.54, 1.807) is 6.08 Å². The molecule has 0 saturated carbocycles. The molecule has 0 aromatic carbocycles. The summed E-state index contributed by atoms with van der Waals surface area (Å²) in [4.78, 5) is 53.5. The number of allylic oxidation sites excluding steroid dienone is 3. The van der Waals surface area contributed by atoms with E-state index in [4.69, 9.17) is 75.8 Å². The van der Waals surface area contributed by atoms with Crippen LogP contribution in [0.3, 0.4) is 0 Å². The summed E-state index contributed by atoms with van der Waals surface area (Å²) in [6, 6.07) is -6.90. The number of nitrogens with one attached hydrogen (secondary N) is 4. The van der Waals surface area contributed by atoms with Crippen molar-refractivity contribution in [3.63, 3.8) is 0 Å². The van der Waals surface area contributed by atoms with Crippen LogP contribution in [0.2, 0.25) is 0 Å². The van der Waals surface area contributed by atoms with E-state index in [-0.39, 0.29) is 12.3 Å². The molecule has 8 rings (SSSR count). The quantitative estimate of drug-likeness (QED) is 0.0208. The van der Waals surface area contributed by atoms with Crippen molar-refractivity contribution in [3.05, 3.63) is 24.3 Å². The highest BCUT2D eigenvalue weighted by Gasteiger charge is 2.62. The minimum atomic E-state index is -2.57. The zero-order valence-corrected chi connectivity index (χ0v) is 82.8. The summed E-state index contributed by atoms with van der Waals surface area (Å²) in [7, 11) is 0. The number of hydrogen-bond donors (Lipinski definition) is 26. The summed E-state index contributed by atoms with van der Waals surface area (Å²) in [5, 5.41) is 261. The second-order valence-electron chi connectivity index (χ2n) is 38.7. The highest BCUT2D eigenvalue weighted by Crippen LogP contribution is 2.41. The maximum Gasteiger partial charge on any atom is 0.220 e. The van der Waals surface area contributed by atoms with Gasteiger partial charge in [0, 0.05) is 27.2 Å². The van der Waals surface area contributed by atoms with Crippen molar-refractivity contribution in [1.29, 1.82) is 0 Å². The largest absolute Gasteiger partial charge is 0.394 e. The first-order valence-corrected chi connectivity index (χ1v) is 51.5. The number of ether oxygens (including phenoxy) is 16. The summed E-state index contributed by atoms with van der Waals surface area (Å²) in [5.41, 5.74) is 0. The van der Waals surface area contributed by atoms with Crippen LogP contribution in [0.15, 0.2) is 24.3 Å². The SMILES string of the molecule is CCCCCCCC/C=C\CCCCCCCCCCCCCC(=O)N[C@@H](CO[C@@H]1OC(CO)[C@@H](O[C@@H]2OC(CO)[C@H](O[C@@H]3OC(CO)[C@H](O[C@@H]4OC(CO)[C@H](O)[C@H](O[C@@H]5OC(CO)[C@H](O)[C@H](O)C5O[C@H]5OC(C)[C@@H](O)C(O)[C@@H]5O)C4NC(C)=O)[C@H](O[C@@H]4OC(CO)[C@H](O)[C@H](O[C@H]5OC(CO)[C@H](O)[C@H](O)C5NC(C)=O)C4NC(C)=O)C3O)[C@H](O)C2O)[C@H](O)C1O)[C@H](O)/C=C/CCCCCCCCCCCCC. The number of rotatable bonds is 63. The molecule has 0 spiro atoms. The lowest BCUT2D eigenvalue weighted by Gasteiger charge is -2.52. The van der Waals surface area contributed by atoms with Gasteiger partial charge in [-0.05, 0) is 51.9 Å². The molecular formula is C96H170N4O42. The molecule has 8 saturated heterocycles. The maximum atomic E-state index is 13.7. The zero-order chi connectivity index (χ0) is 104. The first-order chi connectivity index (χ1) is 68.1. The van der Waals surface area contributed by atoms with Gasteiger partial charge >= 0.3 is 0 Å². The minimum absolute atomic E-state index is 0.133. The monoisotopic (exact) mass is 2050 g/mol. The Morgan fingerprint density at radius 2 is 0.599 bits per heavy atom. The van der Waals surface area contributed by atoms with Gasteiger partial charge < -0.3 is 209 Å². The Bertz CT molecular complexity index is 3540. The number of carbonyl (C=O) groups is 4. The molecule has 8 fully saturated rings. The van der Waals surface area contributed by atoms with E-state index in [9.17, 15) is 132 Å². The van der Waals surface area contributed by atoms with Gasteiger partial charge in [0.1, 0.15) is 189 Å². The summed E-state index contributed by atoms with van der Waals surface area (Å²) < 4.78 is 97.9. The summed E-state index contributed by atoms with van der Waals surface area (Å²) >= 11 is 0. The van der Waals surface area contributed by atoms with Crippen LogP contribution < -0.4 is 21.3 Å². The maximum absolute atomic E-state index is 13.7. The van der Waals surface area contributed by atoms with Crippen LogP contribution in [0.1, 0.15) is 247 Å². The predicted octanol–water partition coefficient (Wildman–Crippen LogP) is -3.49. The molecule has 8 heterocycles. The lowest BCUT2D eigenvalue weighted by Crippen LogP contribution is -2.72. The Kier molecular flexibility index (Phi) is 55.9. The van der Waals surface area contributed by atoms with Gasteiger partial charge in [0.25, 0.3) is 0 Å². The fourth-order valence-corrected chi connectivity index (χ4v) is 19.2. The lowest BCUT2D eigenvalue weighted by molar-refractivity contribution is -0.403. The van der Waals surface area contributed by atoms with E-state index in [0.29, 0.717) is 12.8 Å². The van der Waals surface area contributed by atoms with Gasteiger partial charge in [-0.2, -0.15) is 0 Å². The van der Waals surface area contributed by atoms with Crippen molar-refractivity contribution >= 4 is 23.6 Å². The standard InChI is InChI=1S/C96H170N4O42/c1-7-9-11-13-15-17-19-21-22-23-24-25-26-27-28-30-32-34-36-38-40-42-64(112)100-55(56(111)41-39-37-35-33-31-29-20-18-16-14-12-10-8-2)50-127-92-79(124)76(121)82(61(47-105)133-92)136-94-80(125)77(122)83(62(48-106)134-94)137-95-81(126)87(141-91-66(98-53(5)109)85(71(116)59(45-103)131-91)139-89-65(97-52(4)108)73(118)69(114)57(43-101)129-89)84(63(49-107)135-95)138-90-67(99-54(6)110)86(72(117)60(46-104)130-90)140-96-88(75(120)70(115)58(44-102)132-96)142-93-78(123)74(119)68(113)51(3)128-93/h21-22,39,41,51,55-63,65-96,101-107,111,113-126H,7-20,23-38,40,42-50H2,1-6H3,(H,97,108)(H,98,109)(H,99,110)(H,100,112)/b22-21-,41-39+/t51?,55-,56+,57?,58?,59?,60?,61?,62?,63?,65?,66?,67?,68+,69-,70-,71-,72-,73+,74?,75-,76+,77+,78-,79?,80?,81?,82+,83-,84-,85+,86+,87+,88?,89+,90-,91-,92+,93+,94-,95-,96-/m0/s1. The molecule has 0 aliphatic carbocycles. The summed E-state index contributed by atoms with van der Waals surface area (Å²) in [5.74, 6) is -3.18. The fourth-order valence-electron chi connectivity index (χ4n) is 19.2. The Morgan fingerprint density at radius 1 is 0.289 bits per heavy atom. The Labute approximate surface area is 830 Å². The van der Waals surface area contributed by atoms with Crippen LogP contribution in [-0.4, -0.2) is 446 Å². The van der Waals surface area contributed by atoms with Crippen LogP contribution >= 0.6 is 0 Å². The molecule has 142 heavy (non-hydrogen) atoms. The fraction of sp³-hybridized carbons (Fsp3) is 0.917. The molecule has 26 N–H and O–H groups in total. The van der Waals surface area contributed by atoms with Crippen LogP contribution in [0.25, 0.3) is 0 Å². The first kappa shape index (κ1) is 123. The van der Waals surface area contributed by atoms with Crippen LogP contribution in [0.4, 0.5) is 0 Å². The van der Waals surface area contributed by atoms with Gasteiger partial charge in [0.15, 0.2) is 50.3 Å². The number of aliphatic hydroxyl groups excluding tert-OH is 22. The molecule has 46 heteroatoms. The van der Waals surface area contributed by atoms with Gasteiger partial charge in [-0.1, -0.05) is 192 Å². The number of carbonyl (C=O) groups excluding carboxylic acids is 4. The molecule has 16 unspecified atom stereocenters. The normalized spacial score (nSPS) is 38.4. The minimum Gasteiger partial charge on any atom is -0.394 e. The molecule has 0 bridgehead atoms. The molecule has 8 aliphatic heterocycles. The van der Waals surface area contributed by atoms with Crippen molar-refractivity contribution in [3.8, 4) is 0 Å². The molecule has 0 radical (unpaired) electrons. The van der Waals surface area contributed by atoms with Gasteiger partial charge in [-0.15, -0.1) is 0 Å². The smallest absolute Gasteiger partial charge is 0.220 e. The number of hydrogen-bond acceptors (Lipinski definition) is 42. The molecule has 0 aromatic rings. The second kappa shape index (κ2) is 64.5.